The summed E-state index contributed by atoms with van der Waals surface area (Å²) in [5.74, 6) is 1.16. The number of nitrogens with one attached hydrogen (secondary N) is 3. The number of unbranched alkanes of at least 4 members (excludes halogenated alkanes) is 5. The van der Waals surface area contributed by atoms with E-state index in [0.29, 0.717) is 61.1 Å². The maximum Gasteiger partial charge on any atom is 0.319 e. The van der Waals surface area contributed by atoms with Gasteiger partial charge in [-0.2, -0.15) is 9.97 Å². The van der Waals surface area contributed by atoms with Crippen molar-refractivity contribution in [2.75, 3.05) is 58.3 Å². The van der Waals surface area contributed by atoms with Crippen LogP contribution in [0, 0.1) is 36.3 Å². The maximum absolute atomic E-state index is 17.0. The summed E-state index contributed by atoms with van der Waals surface area (Å²) in [6.45, 7) is 13.4. The number of nitrogens with zero attached hydrogens (tertiary/aromatic N) is 7. The van der Waals surface area contributed by atoms with Gasteiger partial charge in [0.15, 0.2) is 5.82 Å². The number of aryl methyl sites for hydroxylation is 1. The Hall–Kier alpha value is -6.69. The summed E-state index contributed by atoms with van der Waals surface area (Å²) in [6.07, 6.45) is 19.5. The van der Waals surface area contributed by atoms with E-state index in [-0.39, 0.29) is 57.4 Å². The molecular weight excluding hydrogens is 1060 g/mol. The zero-order valence-corrected chi connectivity index (χ0v) is 49.1. The number of aromatic hydroxyl groups is 1. The number of anilines is 1. The Balaban J connectivity index is 0.000000444. The predicted octanol–water partition coefficient (Wildman–Crippen LogP) is 9.49. The average molecular weight is 1140 g/mol. The number of aromatic nitrogens is 4. The minimum atomic E-state index is -0.737. The van der Waals surface area contributed by atoms with Crippen molar-refractivity contribution >= 4 is 56.9 Å². The highest BCUT2D eigenvalue weighted by Crippen LogP contribution is 2.40. The van der Waals surface area contributed by atoms with Crippen molar-refractivity contribution in [3.05, 3.63) is 88.7 Å². The predicted molar refractivity (Wildman–Crippen MR) is 320 cm³/mol. The number of likely N-dealkylation sites (tertiary alicyclic amines) is 2. The number of thiazole rings is 1. The Labute approximate surface area is 484 Å². The number of rotatable bonds is 19. The molecule has 4 aliphatic rings. The number of carbonyl (C=O) groups excluding carboxylic acids is 3. The third-order valence-electron chi connectivity index (χ3n) is 16.0. The highest BCUT2D eigenvalue weighted by Gasteiger charge is 2.40. The van der Waals surface area contributed by atoms with Crippen LogP contribution < -0.4 is 25.6 Å². The number of fused-ring (bicyclic) bond motifs is 4. The molecule has 7 heterocycles. The smallest absolute Gasteiger partial charge is 0.319 e. The van der Waals surface area contributed by atoms with Gasteiger partial charge in [-0.15, -0.1) is 17.8 Å². The van der Waals surface area contributed by atoms with E-state index in [1.54, 1.807) is 22.4 Å². The molecule has 5 N–H and O–H groups in total. The number of amides is 2. The van der Waals surface area contributed by atoms with Crippen molar-refractivity contribution in [1.82, 2.24) is 45.7 Å². The number of piperazine rings is 1. The minimum absolute atomic E-state index is 0.0324. The van der Waals surface area contributed by atoms with E-state index in [2.05, 4.69) is 70.9 Å². The molecule has 3 aromatic carbocycles. The number of aldehydes is 1. The Morgan fingerprint density at radius 1 is 0.939 bits per heavy atom. The highest BCUT2D eigenvalue weighted by atomic mass is 32.1. The molecule has 82 heavy (non-hydrogen) atoms. The van der Waals surface area contributed by atoms with Gasteiger partial charge in [-0.25, -0.2) is 13.8 Å². The van der Waals surface area contributed by atoms with E-state index in [4.69, 9.17) is 21.3 Å². The standard InChI is InChI=1S/C50H62F2N8O5.C12H14N2S.CH4O/c1-5-37-40(51)18-15-31-25-35(62)26-38(42(31)37)44-43(52)45-39(27-53-44)47(59-28-32-16-17-33(29-59)54-32)57-49(56-45)65-36-19-23-58(24-20-36)21-11-9-7-6-8-10-14-41(63)55-46(50(2,3)4)48(64)60-22-12-13-34(60)30-61;1-9-12(15-8-14-9)11-5-3-10(4-6-11)7-13-2;1-2/h1,15,18,25-27,30,32-34,36,46,54,62H,6-14,16-17,19-24,28-29H2,2-4H3,(H,55,63);3-6,8,13H,7H2,1-2H3;2H,1H3/t32?,33?,34-,46?;;/m0../s1. The molecule has 0 radical (unpaired) electrons. The van der Waals surface area contributed by atoms with Gasteiger partial charge in [0, 0.05) is 82.0 Å². The molecule has 438 valence electrons. The number of halogens is 2. The van der Waals surface area contributed by atoms with Gasteiger partial charge in [0.1, 0.15) is 47.0 Å². The van der Waals surface area contributed by atoms with E-state index >= 15 is 4.39 Å². The zero-order chi connectivity index (χ0) is 58.5. The molecule has 4 aliphatic heterocycles. The number of phenols is 1. The molecule has 4 fully saturated rings. The topological polar surface area (TPSA) is 198 Å². The number of pyridine rings is 1. The zero-order valence-electron chi connectivity index (χ0n) is 48.3. The van der Waals surface area contributed by atoms with Crippen LogP contribution in [0.15, 0.2) is 60.2 Å². The summed E-state index contributed by atoms with van der Waals surface area (Å²) >= 11 is 1.70. The SMILES string of the molecule is C#Cc1c(F)ccc2cc(O)cc(-c3ncc4c(N5CC6CCC(C5)N6)nc(OC5CCN(CCCCCCCCC(=O)NC(C(=O)N6CCC[C@H]6C=O)C(C)(C)C)CC5)nc4c3F)c12.CNCc1ccc(-c2scnc2C)cc1.CO. The molecular formula is C63H80F2N10O6S. The second kappa shape index (κ2) is 28.5. The molecule has 4 atom stereocenters. The molecule has 3 aromatic heterocycles. The lowest BCUT2D eigenvalue weighted by Crippen LogP contribution is -2.55. The fraction of sp³-hybridized carbons (Fsp3) is 0.508. The average Bonchev–Trinajstić information content (AvgIpc) is 4.34. The van der Waals surface area contributed by atoms with E-state index in [1.165, 1.54) is 40.3 Å². The maximum atomic E-state index is 17.0. The van der Waals surface area contributed by atoms with Crippen molar-refractivity contribution < 1.29 is 38.1 Å². The third-order valence-corrected chi connectivity index (χ3v) is 17.0. The lowest BCUT2D eigenvalue weighted by molar-refractivity contribution is -0.141. The Morgan fingerprint density at radius 2 is 1.65 bits per heavy atom. The van der Waals surface area contributed by atoms with Crippen LogP contribution in [0.25, 0.3) is 43.4 Å². The van der Waals surface area contributed by atoms with Gasteiger partial charge in [-0.05, 0) is 112 Å². The molecule has 0 spiro atoms. The van der Waals surface area contributed by atoms with Crippen LogP contribution in [0.5, 0.6) is 11.8 Å². The van der Waals surface area contributed by atoms with Gasteiger partial charge in [-0.1, -0.05) is 82.7 Å². The second-order valence-electron chi connectivity index (χ2n) is 23.0. The number of hydrogen-bond donors (Lipinski definition) is 5. The van der Waals surface area contributed by atoms with E-state index in [1.807, 2.05) is 40.3 Å². The van der Waals surface area contributed by atoms with Gasteiger partial charge >= 0.3 is 6.01 Å². The van der Waals surface area contributed by atoms with Gasteiger partial charge in [-0.3, -0.25) is 14.6 Å². The number of hydrogen-bond acceptors (Lipinski definition) is 15. The molecule has 4 saturated heterocycles. The molecule has 10 rings (SSSR count). The van der Waals surface area contributed by atoms with E-state index < -0.39 is 29.1 Å². The fourth-order valence-corrected chi connectivity index (χ4v) is 12.6. The number of benzene rings is 3. The third kappa shape index (κ3) is 14.9. The van der Waals surface area contributed by atoms with Crippen LogP contribution in [0.3, 0.4) is 0 Å². The van der Waals surface area contributed by atoms with Gasteiger partial charge in [0.25, 0.3) is 0 Å². The first-order valence-electron chi connectivity index (χ1n) is 28.9. The van der Waals surface area contributed by atoms with E-state index in [0.717, 1.165) is 116 Å². The van der Waals surface area contributed by atoms with E-state index in [9.17, 15) is 23.9 Å². The van der Waals surface area contributed by atoms with Crippen molar-refractivity contribution in [2.45, 2.75) is 148 Å². The first-order chi connectivity index (χ1) is 39.6. The van der Waals surface area contributed by atoms with Gasteiger partial charge in [0.2, 0.25) is 11.8 Å². The highest BCUT2D eigenvalue weighted by molar-refractivity contribution is 7.13. The molecule has 0 saturated carbocycles. The van der Waals surface area contributed by atoms with Gasteiger partial charge in [0.05, 0.1) is 33.1 Å². The number of carbonyl (C=O) groups is 3. The number of aliphatic hydroxyl groups is 1. The monoisotopic (exact) mass is 1140 g/mol. The number of aliphatic hydroxyl groups excluding tert-OH is 1. The van der Waals surface area contributed by atoms with Gasteiger partial charge < -0.3 is 50.4 Å². The van der Waals surface area contributed by atoms with Crippen molar-refractivity contribution in [3.8, 4) is 45.8 Å². The van der Waals surface area contributed by atoms with Crippen LogP contribution in [-0.4, -0.2) is 142 Å². The lowest BCUT2D eigenvalue weighted by atomic mass is 9.85. The van der Waals surface area contributed by atoms with Crippen molar-refractivity contribution in [3.63, 3.8) is 0 Å². The molecule has 19 heteroatoms. The molecule has 2 amide bonds. The van der Waals surface area contributed by atoms with Crippen LogP contribution >= 0.6 is 11.3 Å². The molecule has 6 aromatic rings. The summed E-state index contributed by atoms with van der Waals surface area (Å²) in [4.78, 5) is 63.6. The fourth-order valence-electron chi connectivity index (χ4n) is 11.8. The first kappa shape index (κ1) is 61.4. The largest absolute Gasteiger partial charge is 0.508 e. The second-order valence-corrected chi connectivity index (χ2v) is 23.8. The Bertz CT molecular complexity index is 3180. The van der Waals surface area contributed by atoms with Crippen LogP contribution in [0.1, 0.15) is 121 Å². The van der Waals surface area contributed by atoms with Crippen LogP contribution in [-0.2, 0) is 20.9 Å². The molecule has 16 nitrogen and oxygen atoms in total. The number of terminal acetylenes is 1. The summed E-state index contributed by atoms with van der Waals surface area (Å²) in [7, 11) is 2.96. The minimum Gasteiger partial charge on any atom is -0.508 e. The summed E-state index contributed by atoms with van der Waals surface area (Å²) in [5, 5.41) is 28.6. The Kier molecular flexibility index (Phi) is 21.4. The molecule has 3 unspecified atom stereocenters. The summed E-state index contributed by atoms with van der Waals surface area (Å²) in [5.41, 5.74) is 5.15. The molecule has 0 aliphatic carbocycles. The quantitative estimate of drug-likeness (QED) is 0.0292. The molecule has 2 bridgehead atoms. The normalized spacial score (nSPS) is 18.6. The summed E-state index contributed by atoms with van der Waals surface area (Å²) in [6, 6.07) is 13.8. The summed E-state index contributed by atoms with van der Waals surface area (Å²) < 4.78 is 38.4. The number of phenolic OH excluding ortho intramolecular Hbond substituents is 1. The van der Waals surface area contributed by atoms with Crippen LogP contribution in [0.2, 0.25) is 0 Å². The van der Waals surface area contributed by atoms with Crippen molar-refractivity contribution in [2.24, 2.45) is 5.41 Å². The first-order valence-corrected chi connectivity index (χ1v) is 29.8. The Morgan fingerprint density at radius 3 is 2.30 bits per heavy atom. The number of piperidine rings is 1. The van der Waals surface area contributed by atoms with Crippen LogP contribution in [0.4, 0.5) is 14.6 Å². The number of ether oxygens (including phenoxy) is 1. The van der Waals surface area contributed by atoms with Crippen molar-refractivity contribution in [1.29, 1.82) is 0 Å². The lowest BCUT2D eigenvalue weighted by Gasteiger charge is -2.35.